The molecule has 0 N–H and O–H groups in total. The van der Waals surface area contributed by atoms with Gasteiger partial charge in [0.2, 0.25) is 0 Å². The van der Waals surface area contributed by atoms with Crippen LogP contribution in [0.25, 0.3) is 0 Å². The van der Waals surface area contributed by atoms with Crippen molar-refractivity contribution in [3.05, 3.63) is 0 Å². The van der Waals surface area contributed by atoms with Crippen molar-refractivity contribution >= 4 is 0 Å². The van der Waals surface area contributed by atoms with E-state index in [0.717, 1.165) is 13.0 Å². The van der Waals surface area contributed by atoms with Crippen molar-refractivity contribution < 1.29 is 8.78 Å². The zero-order chi connectivity index (χ0) is 9.84. The number of rotatable bonds is 2. The Bertz CT molecular complexity index is 150. The Labute approximate surface area is 79.1 Å². The third-order valence-corrected chi connectivity index (χ3v) is 2.86. The van der Waals surface area contributed by atoms with Crippen LogP contribution in [-0.2, 0) is 0 Å². The van der Waals surface area contributed by atoms with Gasteiger partial charge in [-0.3, -0.25) is 4.90 Å². The smallest absolute Gasteiger partial charge is 0.251 e. The molecule has 2 unspecified atom stereocenters. The van der Waals surface area contributed by atoms with Crippen LogP contribution in [0.5, 0.6) is 0 Å². The lowest BCUT2D eigenvalue weighted by atomic mass is 10.1. The van der Waals surface area contributed by atoms with Crippen molar-refractivity contribution in [3.8, 4) is 0 Å². The molecule has 0 spiro atoms. The van der Waals surface area contributed by atoms with Gasteiger partial charge in [-0.25, -0.2) is 8.78 Å². The second-order valence-corrected chi connectivity index (χ2v) is 4.23. The first-order valence-electron chi connectivity index (χ1n) is 5.11. The van der Waals surface area contributed by atoms with Crippen molar-refractivity contribution in [1.82, 2.24) is 4.90 Å². The van der Waals surface area contributed by atoms with Gasteiger partial charge in [0.25, 0.3) is 6.43 Å². The van der Waals surface area contributed by atoms with Crippen LogP contribution < -0.4 is 0 Å². The Morgan fingerprint density at radius 2 is 2.00 bits per heavy atom. The molecule has 0 aromatic carbocycles. The third-order valence-electron chi connectivity index (χ3n) is 2.86. The van der Waals surface area contributed by atoms with Gasteiger partial charge >= 0.3 is 0 Å². The average Bonchev–Trinajstić information content (AvgIpc) is 2.14. The lowest BCUT2D eigenvalue weighted by Gasteiger charge is -2.27. The first kappa shape index (κ1) is 10.9. The SMILES string of the molecule is CC1CCCC(C)N(CC(F)F)C1. The summed E-state index contributed by atoms with van der Waals surface area (Å²) in [5.41, 5.74) is 0. The maximum atomic E-state index is 12.2. The number of hydrogen-bond donors (Lipinski definition) is 0. The van der Waals surface area contributed by atoms with E-state index >= 15 is 0 Å². The Morgan fingerprint density at radius 3 is 2.62 bits per heavy atom. The molecule has 0 amide bonds. The summed E-state index contributed by atoms with van der Waals surface area (Å²) >= 11 is 0. The molecule has 2 atom stereocenters. The molecule has 0 radical (unpaired) electrons. The molecular formula is C10H19F2N. The van der Waals surface area contributed by atoms with E-state index in [1.54, 1.807) is 0 Å². The van der Waals surface area contributed by atoms with Crippen LogP contribution in [-0.4, -0.2) is 30.5 Å². The third kappa shape index (κ3) is 3.59. The molecule has 1 aliphatic heterocycles. The summed E-state index contributed by atoms with van der Waals surface area (Å²) in [4.78, 5) is 1.93. The highest BCUT2D eigenvalue weighted by Crippen LogP contribution is 2.21. The highest BCUT2D eigenvalue weighted by Gasteiger charge is 2.22. The fraction of sp³-hybridized carbons (Fsp3) is 1.00. The summed E-state index contributed by atoms with van der Waals surface area (Å²) in [5, 5.41) is 0. The van der Waals surface area contributed by atoms with Crippen molar-refractivity contribution in [2.45, 2.75) is 45.6 Å². The Balaban J connectivity index is 2.46. The maximum Gasteiger partial charge on any atom is 0.251 e. The molecule has 3 heteroatoms. The van der Waals surface area contributed by atoms with Gasteiger partial charge in [0.1, 0.15) is 0 Å². The quantitative estimate of drug-likeness (QED) is 0.648. The normalized spacial score (nSPS) is 32.1. The summed E-state index contributed by atoms with van der Waals surface area (Å²) in [6.45, 7) is 4.99. The minimum atomic E-state index is -2.19. The number of halogens is 2. The van der Waals surface area contributed by atoms with Crippen molar-refractivity contribution in [1.29, 1.82) is 0 Å². The van der Waals surface area contributed by atoms with Crippen LogP contribution in [0.1, 0.15) is 33.1 Å². The summed E-state index contributed by atoms with van der Waals surface area (Å²) in [6, 6.07) is 0.332. The molecule has 0 bridgehead atoms. The van der Waals surface area contributed by atoms with Gasteiger partial charge in [0, 0.05) is 12.6 Å². The van der Waals surface area contributed by atoms with Crippen LogP contribution in [0.15, 0.2) is 0 Å². The van der Waals surface area contributed by atoms with Gasteiger partial charge in [-0.2, -0.15) is 0 Å². The first-order chi connectivity index (χ1) is 6.09. The zero-order valence-corrected chi connectivity index (χ0v) is 8.47. The standard InChI is InChI=1S/C10H19F2N/c1-8-4-3-5-9(2)13(6-8)7-10(11)12/h8-10H,3-7H2,1-2H3. The summed E-state index contributed by atoms with van der Waals surface area (Å²) in [5.74, 6) is 0.573. The van der Waals surface area contributed by atoms with E-state index < -0.39 is 6.43 Å². The van der Waals surface area contributed by atoms with Crippen molar-refractivity contribution in [2.75, 3.05) is 13.1 Å². The van der Waals surface area contributed by atoms with Crippen LogP contribution in [0.2, 0.25) is 0 Å². The fourth-order valence-corrected chi connectivity index (χ4v) is 2.05. The molecule has 1 heterocycles. The van der Waals surface area contributed by atoms with Crippen molar-refractivity contribution in [2.24, 2.45) is 5.92 Å². The molecule has 0 saturated carbocycles. The second kappa shape index (κ2) is 4.89. The number of likely N-dealkylation sites (tertiary alicyclic amines) is 1. The molecule has 1 fully saturated rings. The van der Waals surface area contributed by atoms with E-state index in [1.807, 2.05) is 4.90 Å². The van der Waals surface area contributed by atoms with Crippen LogP contribution in [0.4, 0.5) is 8.78 Å². The van der Waals surface area contributed by atoms with Crippen LogP contribution >= 0.6 is 0 Å². The van der Waals surface area contributed by atoms with Crippen LogP contribution in [0, 0.1) is 5.92 Å². The lowest BCUT2D eigenvalue weighted by molar-refractivity contribution is 0.0655. The molecule has 1 aliphatic rings. The second-order valence-electron chi connectivity index (χ2n) is 4.23. The molecule has 0 aromatic heterocycles. The molecular weight excluding hydrogens is 172 g/mol. The number of hydrogen-bond acceptors (Lipinski definition) is 1. The molecule has 1 nitrogen and oxygen atoms in total. The summed E-state index contributed by atoms with van der Waals surface area (Å²) in [6.07, 6.45) is 1.25. The zero-order valence-electron chi connectivity index (χ0n) is 8.47. The molecule has 1 rings (SSSR count). The topological polar surface area (TPSA) is 3.24 Å². The monoisotopic (exact) mass is 191 g/mol. The van der Waals surface area contributed by atoms with Crippen molar-refractivity contribution in [3.63, 3.8) is 0 Å². The van der Waals surface area contributed by atoms with Gasteiger partial charge in [-0.15, -0.1) is 0 Å². The molecule has 1 saturated heterocycles. The highest BCUT2D eigenvalue weighted by atomic mass is 19.3. The predicted molar refractivity (Wildman–Crippen MR) is 50.1 cm³/mol. The van der Waals surface area contributed by atoms with Crippen LogP contribution in [0.3, 0.4) is 0 Å². The molecule has 78 valence electrons. The van der Waals surface area contributed by atoms with E-state index in [4.69, 9.17) is 0 Å². The van der Waals surface area contributed by atoms with Gasteiger partial charge in [0.05, 0.1) is 6.54 Å². The molecule has 0 aromatic rings. The van der Waals surface area contributed by atoms with E-state index in [-0.39, 0.29) is 6.54 Å². The highest BCUT2D eigenvalue weighted by molar-refractivity contribution is 4.75. The van der Waals surface area contributed by atoms with Gasteiger partial charge in [-0.1, -0.05) is 13.3 Å². The predicted octanol–water partition coefficient (Wildman–Crippen LogP) is 2.76. The number of alkyl halides is 2. The average molecular weight is 191 g/mol. The maximum absolute atomic E-state index is 12.2. The summed E-state index contributed by atoms with van der Waals surface area (Å²) < 4.78 is 24.4. The minimum Gasteiger partial charge on any atom is -0.295 e. The molecule has 0 aliphatic carbocycles. The Morgan fingerprint density at radius 1 is 1.31 bits per heavy atom. The lowest BCUT2D eigenvalue weighted by Crippen LogP contribution is -2.38. The van der Waals surface area contributed by atoms with E-state index in [0.29, 0.717) is 12.0 Å². The fourth-order valence-electron chi connectivity index (χ4n) is 2.05. The molecule has 13 heavy (non-hydrogen) atoms. The van der Waals surface area contributed by atoms with Gasteiger partial charge < -0.3 is 0 Å². The minimum absolute atomic E-state index is 0.0501. The Kier molecular flexibility index (Phi) is 4.10. The van der Waals surface area contributed by atoms with E-state index in [9.17, 15) is 8.78 Å². The van der Waals surface area contributed by atoms with E-state index in [1.165, 1.54) is 12.8 Å². The van der Waals surface area contributed by atoms with Gasteiger partial charge in [-0.05, 0) is 25.7 Å². The number of nitrogens with zero attached hydrogens (tertiary/aromatic N) is 1. The largest absolute Gasteiger partial charge is 0.295 e. The Hall–Kier alpha value is -0.180. The van der Waals surface area contributed by atoms with E-state index in [2.05, 4.69) is 13.8 Å². The summed E-state index contributed by atoms with van der Waals surface area (Å²) in [7, 11) is 0. The first-order valence-corrected chi connectivity index (χ1v) is 5.11. The van der Waals surface area contributed by atoms with Gasteiger partial charge in [0.15, 0.2) is 0 Å².